The fourth-order valence-corrected chi connectivity index (χ4v) is 4.49. The number of likely N-dealkylation sites (N-methyl/N-ethyl adjacent to an activating group) is 1. The van der Waals surface area contributed by atoms with E-state index >= 15 is 0 Å². The zero-order valence-corrected chi connectivity index (χ0v) is 27.4. The van der Waals surface area contributed by atoms with Gasteiger partial charge in [0.2, 0.25) is 0 Å². The van der Waals surface area contributed by atoms with Gasteiger partial charge in [0.25, 0.3) is 0 Å². The maximum absolute atomic E-state index is 4.82. The van der Waals surface area contributed by atoms with Gasteiger partial charge in [-0.15, -0.1) is 30.0 Å². The van der Waals surface area contributed by atoms with Gasteiger partial charge in [0, 0.05) is 6.54 Å². The standard InChI is InChI=1S/C23H33N3.C9H12N.Y/c1-16-12-18(3)22(19(4)13-16)24-8-10-26(7)11-9-25-23-20(5)14-17(2)15-21(23)6;1-10(2)8-9-6-4-3-5-7-9;/h12-15H,8-11H2,1-7H3;3-6H,8H2,1-2H3;/q-2;-1;+3. The van der Waals surface area contributed by atoms with E-state index in [4.69, 9.17) is 10.6 Å². The van der Waals surface area contributed by atoms with Gasteiger partial charge >= 0.3 is 32.7 Å². The minimum absolute atomic E-state index is 0. The maximum Gasteiger partial charge on any atom is 3.00 e. The molecule has 0 unspecified atom stereocenters. The summed E-state index contributed by atoms with van der Waals surface area (Å²) in [4.78, 5) is 4.44. The SMILES string of the molecule is CN(C)Cc1[c-]cccc1.Cc1cc(C)c([N-]CCN(C)CC[N-]c2c(C)cc(C)cc2C)c(C)c1.[Y+3]. The van der Waals surface area contributed by atoms with Gasteiger partial charge in [-0.2, -0.15) is 30.3 Å². The molecule has 0 saturated carbocycles. The van der Waals surface area contributed by atoms with Gasteiger partial charge in [0.1, 0.15) is 0 Å². The molecule has 3 rings (SSSR count). The predicted molar refractivity (Wildman–Crippen MR) is 157 cm³/mol. The number of benzene rings is 3. The van der Waals surface area contributed by atoms with Crippen molar-refractivity contribution in [3.63, 3.8) is 0 Å². The molecule has 5 heteroatoms. The van der Waals surface area contributed by atoms with Gasteiger partial charge in [-0.3, -0.25) is 0 Å². The molecule has 0 atom stereocenters. The van der Waals surface area contributed by atoms with Crippen molar-refractivity contribution in [2.45, 2.75) is 48.1 Å². The molecule has 0 heterocycles. The van der Waals surface area contributed by atoms with Crippen molar-refractivity contribution in [2.24, 2.45) is 0 Å². The number of aryl methyl sites for hydroxylation is 6. The summed E-state index contributed by atoms with van der Waals surface area (Å²) in [5.74, 6) is 0. The van der Waals surface area contributed by atoms with Crippen LogP contribution in [0.3, 0.4) is 0 Å². The molecule has 0 aliphatic rings. The first kappa shape index (κ1) is 33.3. The first-order valence-corrected chi connectivity index (χ1v) is 12.9. The van der Waals surface area contributed by atoms with E-state index in [1.165, 1.54) is 38.9 Å². The minimum Gasteiger partial charge on any atom is -0.683 e. The monoisotopic (exact) mass is 574 g/mol. The molecule has 0 radical (unpaired) electrons. The third-order valence-electron chi connectivity index (χ3n) is 6.03. The molecule has 0 amide bonds. The van der Waals surface area contributed by atoms with E-state index in [0.717, 1.165) is 44.1 Å². The number of rotatable bonds is 10. The van der Waals surface area contributed by atoms with Crippen LogP contribution in [-0.2, 0) is 39.3 Å². The van der Waals surface area contributed by atoms with Crippen molar-refractivity contribution in [1.29, 1.82) is 0 Å². The zero-order chi connectivity index (χ0) is 26.7. The predicted octanol–water partition coefficient (Wildman–Crippen LogP) is 7.73. The van der Waals surface area contributed by atoms with Crippen molar-refractivity contribution in [3.05, 3.63) is 104 Å². The molecule has 0 aliphatic heterocycles. The van der Waals surface area contributed by atoms with Crippen LogP contribution >= 0.6 is 0 Å². The third-order valence-corrected chi connectivity index (χ3v) is 6.03. The molecule has 3 aromatic carbocycles. The zero-order valence-electron chi connectivity index (χ0n) is 24.5. The Morgan fingerprint density at radius 3 is 1.46 bits per heavy atom. The van der Waals surface area contributed by atoms with E-state index in [0.29, 0.717) is 0 Å². The molecule has 0 spiro atoms. The topological polar surface area (TPSA) is 34.7 Å². The Bertz CT molecular complexity index is 970. The molecule has 0 aromatic heterocycles. The molecule has 0 aliphatic carbocycles. The summed E-state index contributed by atoms with van der Waals surface area (Å²) < 4.78 is 0. The van der Waals surface area contributed by atoms with Crippen molar-refractivity contribution in [2.75, 3.05) is 47.3 Å². The number of nitrogens with zero attached hydrogens (tertiary/aromatic N) is 4. The Labute approximate surface area is 252 Å². The summed E-state index contributed by atoms with van der Waals surface area (Å²) in [5, 5.41) is 9.64. The molecule has 37 heavy (non-hydrogen) atoms. The van der Waals surface area contributed by atoms with Gasteiger partial charge in [-0.1, -0.05) is 57.6 Å². The van der Waals surface area contributed by atoms with Crippen LogP contribution in [0.15, 0.2) is 48.5 Å². The van der Waals surface area contributed by atoms with Crippen LogP contribution in [0.5, 0.6) is 0 Å². The van der Waals surface area contributed by atoms with Crippen LogP contribution in [0, 0.1) is 47.6 Å². The second kappa shape index (κ2) is 17.0. The summed E-state index contributed by atoms with van der Waals surface area (Å²) in [5.41, 5.74) is 11.2. The molecular formula is C32H45N4Y. The van der Waals surface area contributed by atoms with Crippen molar-refractivity contribution in [1.82, 2.24) is 9.80 Å². The van der Waals surface area contributed by atoms with Crippen molar-refractivity contribution in [3.8, 4) is 0 Å². The van der Waals surface area contributed by atoms with E-state index in [9.17, 15) is 0 Å². The summed E-state index contributed by atoms with van der Waals surface area (Å²) in [6.45, 7) is 17.4. The Morgan fingerprint density at radius 2 is 1.11 bits per heavy atom. The van der Waals surface area contributed by atoms with Crippen LogP contribution in [0.1, 0.15) is 38.9 Å². The normalized spacial score (nSPS) is 10.6. The number of hydrogen-bond donors (Lipinski definition) is 0. The first-order valence-electron chi connectivity index (χ1n) is 12.9. The summed E-state index contributed by atoms with van der Waals surface area (Å²) in [7, 11) is 6.26. The summed E-state index contributed by atoms with van der Waals surface area (Å²) in [6, 6.07) is 20.0. The molecule has 0 saturated heterocycles. The summed E-state index contributed by atoms with van der Waals surface area (Å²) >= 11 is 0. The van der Waals surface area contributed by atoms with E-state index < -0.39 is 0 Å². The van der Waals surface area contributed by atoms with Gasteiger partial charge in [-0.05, 0) is 75.8 Å². The van der Waals surface area contributed by atoms with Crippen LogP contribution in [-0.4, -0.2) is 57.1 Å². The van der Waals surface area contributed by atoms with Gasteiger partial charge in [0.15, 0.2) is 0 Å². The van der Waals surface area contributed by atoms with Crippen LogP contribution in [0.2, 0.25) is 0 Å². The minimum atomic E-state index is 0. The average Bonchev–Trinajstić information content (AvgIpc) is 2.78. The van der Waals surface area contributed by atoms with E-state index in [1.807, 2.05) is 18.2 Å². The molecule has 3 aromatic rings. The quantitative estimate of drug-likeness (QED) is 0.232. The van der Waals surface area contributed by atoms with Crippen LogP contribution in [0.25, 0.3) is 10.6 Å². The molecule has 196 valence electrons. The molecule has 0 N–H and O–H groups in total. The third kappa shape index (κ3) is 12.1. The summed E-state index contributed by atoms with van der Waals surface area (Å²) in [6.07, 6.45) is 0. The molecular weight excluding hydrogens is 529 g/mol. The molecule has 4 nitrogen and oxygen atoms in total. The maximum atomic E-state index is 4.82. The fraction of sp³-hybridized carbons (Fsp3) is 0.438. The van der Waals surface area contributed by atoms with Crippen LogP contribution in [0.4, 0.5) is 11.4 Å². The largest absolute Gasteiger partial charge is 3.00 e. The second-order valence-electron chi connectivity index (χ2n) is 10.2. The average molecular weight is 575 g/mol. The first-order chi connectivity index (χ1) is 17.1. The van der Waals surface area contributed by atoms with Gasteiger partial charge in [0.05, 0.1) is 0 Å². The fourth-order valence-electron chi connectivity index (χ4n) is 4.49. The van der Waals surface area contributed by atoms with E-state index in [-0.39, 0.29) is 32.7 Å². The molecule has 0 bridgehead atoms. The van der Waals surface area contributed by atoms with Gasteiger partial charge < -0.3 is 20.4 Å². The number of hydrogen-bond acceptors (Lipinski definition) is 2. The Morgan fingerprint density at radius 1 is 0.676 bits per heavy atom. The van der Waals surface area contributed by atoms with Crippen LogP contribution < -0.4 is 0 Å². The molecule has 0 fully saturated rings. The van der Waals surface area contributed by atoms with E-state index in [2.05, 4.69) is 109 Å². The van der Waals surface area contributed by atoms with E-state index in [1.54, 1.807) is 0 Å². The Balaban J connectivity index is 0.000000523. The van der Waals surface area contributed by atoms with Crippen molar-refractivity contribution < 1.29 is 32.7 Å². The smallest absolute Gasteiger partial charge is 0.683 e. The Hall–Kier alpha value is -1.72. The van der Waals surface area contributed by atoms with Gasteiger partial charge in [-0.25, -0.2) is 0 Å². The Kier molecular flexibility index (Phi) is 15.3. The second-order valence-corrected chi connectivity index (χ2v) is 10.2. The van der Waals surface area contributed by atoms with Crippen molar-refractivity contribution >= 4 is 11.4 Å².